The number of aliphatic carboxylic acids is 1. The van der Waals surface area contributed by atoms with E-state index in [1.54, 1.807) is 6.92 Å². The van der Waals surface area contributed by atoms with Crippen LogP contribution in [0.3, 0.4) is 0 Å². The van der Waals surface area contributed by atoms with Crippen molar-refractivity contribution in [1.82, 2.24) is 10.2 Å². The first kappa shape index (κ1) is 18.2. The minimum atomic E-state index is -1.19. The summed E-state index contributed by atoms with van der Waals surface area (Å²) >= 11 is 0. The Morgan fingerprint density at radius 3 is 2.40 bits per heavy atom. The maximum absolute atomic E-state index is 11.9. The number of hydrogen-bond donors (Lipinski definition) is 2. The predicted molar refractivity (Wildman–Crippen MR) is 70.3 cm³/mol. The van der Waals surface area contributed by atoms with E-state index in [0.717, 1.165) is 0 Å². The number of esters is 1. The van der Waals surface area contributed by atoms with Gasteiger partial charge in [-0.25, -0.2) is 9.59 Å². The summed E-state index contributed by atoms with van der Waals surface area (Å²) in [5, 5.41) is 11.4. The predicted octanol–water partition coefficient (Wildman–Crippen LogP) is 0.0707. The van der Waals surface area contributed by atoms with E-state index in [9.17, 15) is 14.4 Å². The topological polar surface area (TPSA) is 105 Å². The quantitative estimate of drug-likeness (QED) is 0.582. The van der Waals surface area contributed by atoms with Gasteiger partial charge in [-0.2, -0.15) is 0 Å². The summed E-state index contributed by atoms with van der Waals surface area (Å²) in [5.74, 6) is -1.71. The first-order chi connectivity index (χ1) is 9.46. The number of nitrogens with one attached hydrogen (secondary N) is 1. The lowest BCUT2D eigenvalue weighted by atomic mass is 10.1. The van der Waals surface area contributed by atoms with Crippen molar-refractivity contribution in [2.24, 2.45) is 0 Å². The lowest BCUT2D eigenvalue weighted by Gasteiger charge is -2.23. The molecule has 0 unspecified atom stereocenters. The number of carboxylic acids is 1. The zero-order valence-corrected chi connectivity index (χ0v) is 12.0. The van der Waals surface area contributed by atoms with E-state index >= 15 is 0 Å². The van der Waals surface area contributed by atoms with Crippen LogP contribution in [0.4, 0.5) is 4.79 Å². The van der Waals surface area contributed by atoms with Crippen molar-refractivity contribution in [2.75, 3.05) is 33.9 Å². The van der Waals surface area contributed by atoms with Gasteiger partial charge in [-0.05, 0) is 13.3 Å². The summed E-state index contributed by atoms with van der Waals surface area (Å²) in [5.41, 5.74) is 0. The van der Waals surface area contributed by atoms with Gasteiger partial charge in [-0.1, -0.05) is 0 Å². The third-order valence-corrected chi connectivity index (χ3v) is 2.69. The molecule has 0 aliphatic carbocycles. The molecule has 0 aliphatic heterocycles. The second-order valence-corrected chi connectivity index (χ2v) is 4.03. The monoisotopic (exact) mass is 290 g/mol. The van der Waals surface area contributed by atoms with Crippen LogP contribution >= 0.6 is 0 Å². The van der Waals surface area contributed by atoms with Gasteiger partial charge in [0.15, 0.2) is 0 Å². The zero-order chi connectivity index (χ0) is 15.5. The first-order valence-electron chi connectivity index (χ1n) is 6.30. The van der Waals surface area contributed by atoms with Gasteiger partial charge >= 0.3 is 18.0 Å². The van der Waals surface area contributed by atoms with E-state index in [1.165, 1.54) is 19.1 Å². The van der Waals surface area contributed by atoms with E-state index in [4.69, 9.17) is 9.84 Å². The minimum absolute atomic E-state index is 0.0183. The number of carbonyl (C=O) groups excluding carboxylic acids is 2. The summed E-state index contributed by atoms with van der Waals surface area (Å²) in [6.07, 6.45) is -0.0898. The normalized spacial score (nSPS) is 11.6. The van der Waals surface area contributed by atoms with Gasteiger partial charge in [0.1, 0.15) is 6.04 Å². The molecule has 0 aromatic heterocycles. The van der Waals surface area contributed by atoms with Crippen molar-refractivity contribution >= 4 is 18.0 Å². The second-order valence-electron chi connectivity index (χ2n) is 4.03. The van der Waals surface area contributed by atoms with E-state index in [-0.39, 0.29) is 12.8 Å². The molecule has 0 radical (unpaired) electrons. The molecule has 0 spiro atoms. The average Bonchev–Trinajstić information content (AvgIpc) is 2.43. The summed E-state index contributed by atoms with van der Waals surface area (Å²) in [7, 11) is 2.74. The van der Waals surface area contributed by atoms with Crippen molar-refractivity contribution in [3.63, 3.8) is 0 Å². The average molecular weight is 290 g/mol. The molecular weight excluding hydrogens is 268 g/mol. The van der Waals surface area contributed by atoms with Gasteiger partial charge in [0.25, 0.3) is 0 Å². The van der Waals surface area contributed by atoms with Crippen LogP contribution in [-0.2, 0) is 19.1 Å². The number of carbonyl (C=O) groups is 3. The van der Waals surface area contributed by atoms with Gasteiger partial charge in [0.2, 0.25) is 0 Å². The molecule has 116 valence electrons. The molecule has 0 fully saturated rings. The Labute approximate surface area is 118 Å². The summed E-state index contributed by atoms with van der Waals surface area (Å²) in [6, 6.07) is -1.62. The van der Waals surface area contributed by atoms with Crippen LogP contribution in [0.25, 0.3) is 0 Å². The van der Waals surface area contributed by atoms with Crippen molar-refractivity contribution in [3.05, 3.63) is 0 Å². The highest BCUT2D eigenvalue weighted by atomic mass is 16.5. The third kappa shape index (κ3) is 6.93. The molecule has 0 aromatic rings. The van der Waals surface area contributed by atoms with E-state index in [2.05, 4.69) is 10.1 Å². The van der Waals surface area contributed by atoms with Gasteiger partial charge < -0.3 is 24.8 Å². The Bertz CT molecular complexity index is 334. The van der Waals surface area contributed by atoms with Crippen molar-refractivity contribution in [2.45, 2.75) is 25.8 Å². The summed E-state index contributed by atoms with van der Waals surface area (Å²) in [4.78, 5) is 35.4. The van der Waals surface area contributed by atoms with Gasteiger partial charge in [0, 0.05) is 26.6 Å². The molecule has 0 bridgehead atoms. The number of ether oxygens (including phenoxy) is 2. The molecule has 0 saturated heterocycles. The van der Waals surface area contributed by atoms with Crippen molar-refractivity contribution in [3.8, 4) is 0 Å². The number of rotatable bonds is 9. The fraction of sp³-hybridized carbons (Fsp3) is 0.750. The highest BCUT2D eigenvalue weighted by Gasteiger charge is 2.23. The van der Waals surface area contributed by atoms with Crippen molar-refractivity contribution in [1.29, 1.82) is 0 Å². The first-order valence-corrected chi connectivity index (χ1v) is 6.30. The van der Waals surface area contributed by atoms with E-state index in [0.29, 0.717) is 19.7 Å². The molecule has 8 heteroatoms. The molecule has 0 aliphatic rings. The van der Waals surface area contributed by atoms with Crippen LogP contribution < -0.4 is 5.32 Å². The molecule has 20 heavy (non-hydrogen) atoms. The minimum Gasteiger partial charge on any atom is -0.480 e. The molecule has 0 heterocycles. The number of methoxy groups -OCH3 is 2. The lowest BCUT2D eigenvalue weighted by molar-refractivity contribution is -0.142. The highest BCUT2D eigenvalue weighted by Crippen LogP contribution is 2.01. The lowest BCUT2D eigenvalue weighted by Crippen LogP contribution is -2.48. The number of nitrogens with zero attached hydrogens (tertiary/aromatic N) is 1. The second kappa shape index (κ2) is 10.0. The summed E-state index contributed by atoms with van der Waals surface area (Å²) in [6.45, 7) is 2.93. The Morgan fingerprint density at radius 2 is 1.95 bits per heavy atom. The zero-order valence-electron chi connectivity index (χ0n) is 12.0. The maximum atomic E-state index is 11.9. The van der Waals surface area contributed by atoms with Crippen LogP contribution in [-0.4, -0.2) is 67.9 Å². The SMILES string of the molecule is CCN(CCOC)C(=O)N[C@H](CCC(=O)OC)C(=O)O. The molecule has 0 saturated carbocycles. The fourth-order valence-electron chi connectivity index (χ4n) is 1.47. The van der Waals surface area contributed by atoms with E-state index < -0.39 is 24.0 Å². The smallest absolute Gasteiger partial charge is 0.326 e. The molecule has 2 N–H and O–H groups in total. The molecule has 1 atom stereocenters. The van der Waals surface area contributed by atoms with Gasteiger partial charge in [0.05, 0.1) is 13.7 Å². The van der Waals surface area contributed by atoms with Crippen LogP contribution in [0.15, 0.2) is 0 Å². The van der Waals surface area contributed by atoms with Crippen LogP contribution in [0, 0.1) is 0 Å². The Balaban J connectivity index is 4.45. The Hall–Kier alpha value is -1.83. The maximum Gasteiger partial charge on any atom is 0.326 e. The van der Waals surface area contributed by atoms with Crippen molar-refractivity contribution < 1.29 is 29.0 Å². The third-order valence-electron chi connectivity index (χ3n) is 2.69. The number of urea groups is 1. The molecule has 0 rings (SSSR count). The molecule has 2 amide bonds. The fourth-order valence-corrected chi connectivity index (χ4v) is 1.47. The summed E-state index contributed by atoms with van der Waals surface area (Å²) < 4.78 is 9.31. The largest absolute Gasteiger partial charge is 0.480 e. The number of carboxylic acid groups (broad SMARTS) is 1. The van der Waals surface area contributed by atoms with Crippen LogP contribution in [0.2, 0.25) is 0 Å². The molecular formula is C12H22N2O6. The number of amides is 2. The van der Waals surface area contributed by atoms with Gasteiger partial charge in [-0.3, -0.25) is 4.79 Å². The Morgan fingerprint density at radius 1 is 1.30 bits per heavy atom. The molecule has 8 nitrogen and oxygen atoms in total. The molecule has 0 aromatic carbocycles. The van der Waals surface area contributed by atoms with Gasteiger partial charge in [-0.15, -0.1) is 0 Å². The number of likely N-dealkylation sites (N-methyl/N-ethyl adjacent to an activating group) is 1. The van der Waals surface area contributed by atoms with E-state index in [1.807, 2.05) is 0 Å². The highest BCUT2D eigenvalue weighted by molar-refractivity contribution is 5.83. The standard InChI is InChI=1S/C12H22N2O6/c1-4-14(7-8-19-2)12(18)13-9(11(16)17)5-6-10(15)20-3/h9H,4-8H2,1-3H3,(H,13,18)(H,16,17)/t9-/m1/s1. The van der Waals surface area contributed by atoms with Crippen LogP contribution in [0.1, 0.15) is 19.8 Å². The van der Waals surface area contributed by atoms with Crippen LogP contribution in [0.5, 0.6) is 0 Å². The Kier molecular flexibility index (Phi) is 9.10. The number of hydrogen-bond acceptors (Lipinski definition) is 5.